The number of hydrogen-bond donors (Lipinski definition) is 6. The second-order valence-electron chi connectivity index (χ2n) is 40.7. The number of hydrogen-bond acceptors (Lipinski definition) is 20. The number of fused-ring (bicyclic) bond motifs is 6. The van der Waals surface area contributed by atoms with E-state index in [0.717, 1.165) is 173 Å². The third kappa shape index (κ3) is 28.2. The van der Waals surface area contributed by atoms with Crippen molar-refractivity contribution in [1.82, 2.24) is 62.6 Å². The van der Waals surface area contributed by atoms with Gasteiger partial charge in [-0.15, -0.1) is 30.6 Å². The van der Waals surface area contributed by atoms with E-state index >= 15 is 0 Å². The minimum absolute atomic E-state index is 0. The van der Waals surface area contributed by atoms with Gasteiger partial charge in [0.05, 0.1) is 162 Å². The number of aromatic nitrogens is 12. The van der Waals surface area contributed by atoms with E-state index in [2.05, 4.69) is 225 Å². The molecule has 0 aromatic carbocycles. The number of ether oxygens (including phenoxy) is 7. The summed E-state index contributed by atoms with van der Waals surface area (Å²) in [6, 6.07) is 26.2. The highest BCUT2D eigenvalue weighted by atomic mass is 16.5. The van der Waals surface area contributed by atoms with Crippen LogP contribution in [0.4, 0.5) is 34.1 Å². The highest BCUT2D eigenvalue weighted by Gasteiger charge is 2.35. The van der Waals surface area contributed by atoms with Crippen molar-refractivity contribution in [3.63, 3.8) is 0 Å². The molecule has 766 valence electrons. The van der Waals surface area contributed by atoms with Crippen LogP contribution in [0.5, 0.6) is 35.3 Å². The second-order valence-corrected chi connectivity index (χ2v) is 40.7. The molecule has 4 fully saturated rings. The third-order valence-corrected chi connectivity index (χ3v) is 28.7. The number of nitrogen functional groups attached to an aromatic ring is 6. The van der Waals surface area contributed by atoms with E-state index in [0.29, 0.717) is 127 Å². The van der Waals surface area contributed by atoms with Gasteiger partial charge in [0.15, 0.2) is 0 Å². The molecule has 4 aliphatic rings. The summed E-state index contributed by atoms with van der Waals surface area (Å²) < 4.78 is 57.9. The van der Waals surface area contributed by atoms with E-state index < -0.39 is 0 Å². The smallest absolute Gasteiger partial charge is 0.257 e. The Hall–Kier alpha value is -10.6. The molecule has 0 radical (unpaired) electrons. The number of quaternary nitrogens is 6. The van der Waals surface area contributed by atoms with Crippen LogP contribution in [0.1, 0.15) is 134 Å². The van der Waals surface area contributed by atoms with Crippen molar-refractivity contribution < 1.29 is 60.1 Å². The number of rotatable bonds is 27. The van der Waals surface area contributed by atoms with Gasteiger partial charge in [-0.3, -0.25) is 4.90 Å². The van der Waals surface area contributed by atoms with Gasteiger partial charge in [0.2, 0.25) is 0 Å². The number of pyridine rings is 6. The first kappa shape index (κ1) is 117. The molecule has 1 unspecified atom stereocenters. The van der Waals surface area contributed by atoms with Crippen LogP contribution in [0.3, 0.4) is 0 Å². The van der Waals surface area contributed by atoms with Crippen molar-refractivity contribution in [2.75, 3.05) is 249 Å². The number of aryl methyl sites for hydroxylation is 12. The van der Waals surface area contributed by atoms with Crippen molar-refractivity contribution in [2.24, 2.45) is 0 Å². The van der Waals surface area contributed by atoms with E-state index in [1.54, 1.807) is 0 Å². The minimum Gasteiger partial charge on any atom is -0.474 e. The Kier molecular flexibility index (Phi) is 42.1. The van der Waals surface area contributed by atoms with Gasteiger partial charge in [-0.05, 0) is 200 Å². The van der Waals surface area contributed by atoms with E-state index in [4.69, 9.17) is 67.6 Å². The summed E-state index contributed by atoms with van der Waals surface area (Å²) in [6.45, 7) is 54.2. The summed E-state index contributed by atoms with van der Waals surface area (Å²) in [5.74, 6) is 3.28. The maximum absolute atomic E-state index is 6.21. The summed E-state index contributed by atoms with van der Waals surface area (Å²) in [5, 5.41) is 27.1. The number of likely N-dealkylation sites (N-methyl/N-ethyl adjacent to an activating group) is 6. The summed E-state index contributed by atoms with van der Waals surface area (Å²) in [7, 11) is 22.3. The fourth-order valence-corrected chi connectivity index (χ4v) is 17.3. The SMILES string of the molecule is Cc1ccc2c(N)c(OCCN3CCC([N+](C)(C)C)C3)nn2c1C.Cc1ccc2c(N)c(OCC[N+](C)(C(C)C)C(C)C)nn2c1C.Cc1ccc2c(N)c(OCC[N+](C)(C)C)nn2c1C.Cc1ccc2c(N)c(OCC[N+]3(C)CCCC3)nn2c1C.Cc1ccc2c(N)c(OCC[N+]3(C)CCCCC3)nn2c1C.Cc1ccc2c(N)c(OCC[N+]3(C)CCOCC3)nn2c1C.[CH3-].[CH3-].[CH3-].[CH3-].[CH3-].[CH3-]. The van der Waals surface area contributed by atoms with Gasteiger partial charge in [0.1, 0.15) is 126 Å². The average Bonchev–Trinajstić information content (AvgIpc) is 1.68. The molecule has 0 bridgehead atoms. The number of nitrogens with zero attached hydrogens (tertiary/aromatic N) is 19. The quantitative estimate of drug-likeness (QED) is 0.0206. The van der Waals surface area contributed by atoms with Gasteiger partial charge in [-0.2, -0.15) is 0 Å². The van der Waals surface area contributed by atoms with Crippen LogP contribution in [0, 0.1) is 128 Å². The normalized spacial score (nSPS) is 15.5. The largest absolute Gasteiger partial charge is 0.474 e. The molecule has 16 rings (SSSR count). The highest BCUT2D eigenvalue weighted by Crippen LogP contribution is 2.35. The van der Waals surface area contributed by atoms with Crippen LogP contribution in [-0.2, 0) is 4.74 Å². The summed E-state index contributed by atoms with van der Waals surface area (Å²) in [6.07, 6.45) is 7.92. The van der Waals surface area contributed by atoms with Gasteiger partial charge in [-0.25, -0.2) is 27.1 Å². The monoisotopic (exact) mass is 1900 g/mol. The molecule has 4 saturated heterocycles. The molecule has 0 saturated carbocycles. The molecule has 32 heteroatoms. The molecule has 4 aliphatic heterocycles. The Balaban J connectivity index is 0.000000288. The van der Waals surface area contributed by atoms with Gasteiger partial charge >= 0.3 is 0 Å². The molecule has 1 atom stereocenters. The highest BCUT2D eigenvalue weighted by molar-refractivity contribution is 5.79. The van der Waals surface area contributed by atoms with Crippen LogP contribution in [0.15, 0.2) is 72.8 Å². The van der Waals surface area contributed by atoms with Crippen molar-refractivity contribution >= 4 is 67.2 Å². The predicted molar refractivity (Wildman–Crippen MR) is 569 cm³/mol. The zero-order valence-electron chi connectivity index (χ0n) is 90.3. The van der Waals surface area contributed by atoms with Crippen LogP contribution in [0.2, 0.25) is 0 Å². The first-order valence-electron chi connectivity index (χ1n) is 47.3. The van der Waals surface area contributed by atoms with Crippen LogP contribution in [-0.4, -0.2) is 323 Å². The summed E-state index contributed by atoms with van der Waals surface area (Å²) in [5.41, 5.74) is 60.1. The minimum atomic E-state index is 0. The van der Waals surface area contributed by atoms with Crippen LogP contribution < -0.4 is 62.8 Å². The molecule has 0 spiro atoms. The van der Waals surface area contributed by atoms with Crippen molar-refractivity contribution in [2.45, 2.75) is 167 Å². The van der Waals surface area contributed by atoms with Crippen molar-refractivity contribution in [1.29, 1.82) is 0 Å². The first-order valence-corrected chi connectivity index (χ1v) is 47.3. The molecule has 32 nitrogen and oxygen atoms in total. The lowest BCUT2D eigenvalue weighted by molar-refractivity contribution is -0.949. The maximum Gasteiger partial charge on any atom is 0.257 e. The van der Waals surface area contributed by atoms with Crippen LogP contribution in [0.25, 0.3) is 33.1 Å². The third-order valence-electron chi connectivity index (χ3n) is 28.7. The van der Waals surface area contributed by atoms with Gasteiger partial charge in [0, 0.05) is 66.5 Å². The Bertz CT molecular complexity index is 5720. The van der Waals surface area contributed by atoms with E-state index in [1.807, 2.05) is 91.2 Å². The molecule has 0 amide bonds. The molecule has 16 heterocycles. The number of morpholine rings is 1. The van der Waals surface area contributed by atoms with Gasteiger partial charge in [0.25, 0.3) is 35.3 Å². The lowest BCUT2D eigenvalue weighted by Gasteiger charge is -2.42. The Morgan fingerprint density at radius 1 is 0.343 bits per heavy atom. The zero-order valence-corrected chi connectivity index (χ0v) is 90.3. The van der Waals surface area contributed by atoms with E-state index in [-0.39, 0.29) is 44.6 Å². The fourth-order valence-electron chi connectivity index (χ4n) is 17.3. The first-order chi connectivity index (χ1) is 61.7. The maximum atomic E-state index is 6.21. The topological polar surface area (TPSA) is 328 Å². The lowest BCUT2D eigenvalue weighted by Crippen LogP contribution is -2.56. The molecular formula is C105H179N25O7. The molecule has 12 N–H and O–H groups in total. The molecule has 12 aromatic heterocycles. The number of anilines is 6. The van der Waals surface area contributed by atoms with Crippen LogP contribution >= 0.6 is 0 Å². The summed E-state index contributed by atoms with van der Waals surface area (Å²) >= 11 is 0. The Morgan fingerprint density at radius 2 is 0.584 bits per heavy atom. The molecule has 12 aromatic rings. The van der Waals surface area contributed by atoms with E-state index in [9.17, 15) is 0 Å². The Labute approximate surface area is 822 Å². The number of piperidine rings is 1. The summed E-state index contributed by atoms with van der Waals surface area (Å²) in [4.78, 5) is 2.47. The standard InChI is InChI=1S/C18H30N5O.C18H31N4O.C17H27N4O.C16H25N4O2.C16H25N4O.C14H23N4O.6CH3/c1-13-6-7-16-17(19)18(20-22(16)14(13)2)24-11-10-21-9-8-15(12-21)23(3,4)5;1-12(2)22(7,13(3)4)10-11-23-18-17(19)16-9-8-14(5)15(6)21(16)20-18;1-13-7-8-15-16(18)17(19-20(15)14(13)2)22-12-11-21(3)9-5-4-6-10-21;1-12-4-5-14-15(17)16(18-19(14)13(12)2)22-11-8-20(3)6-9-21-10-7-20;1-12-6-7-14-15(17)16(18-19(14)13(12)2)21-11-10-20(3)8-4-5-9-20;1-10-6-7-12-13(15)14(16-17(12)11(10)2)19-9-8-18(3,4)5;;;;;;/h6-7,15H,8-12,19H2,1-5H3;8-9,12-13H,10-11,19H2,1-7H3;7-8H,4-6,9-12,18H2,1-3H3;4-5H,6-11,17H2,1-3H3;6-7H,4-5,8-11,17H2,1-3H3;6-7H,8-9,15H2,1-5H3;6*1H3/q6*+1;6*-1. The number of nitrogens with two attached hydrogens (primary N) is 6. The van der Waals surface area contributed by atoms with E-state index in [1.165, 1.54) is 98.1 Å². The second kappa shape index (κ2) is 49.3. The zero-order chi connectivity index (χ0) is 95.6. The molecule has 137 heavy (non-hydrogen) atoms. The molecular weight excluding hydrogens is 1720 g/mol. The molecule has 0 aliphatic carbocycles. The fraction of sp³-hybridized carbons (Fsp3) is 0.543. The average molecular weight is 1900 g/mol. The Morgan fingerprint density at radius 3 is 0.832 bits per heavy atom. The lowest BCUT2D eigenvalue weighted by atomic mass is 10.1. The predicted octanol–water partition coefficient (Wildman–Crippen LogP) is 15.3. The van der Waals surface area contributed by atoms with Gasteiger partial charge in [-0.1, -0.05) is 36.4 Å². The van der Waals surface area contributed by atoms with Crippen molar-refractivity contribution in [3.05, 3.63) is 185 Å². The van der Waals surface area contributed by atoms with Crippen molar-refractivity contribution in [3.8, 4) is 35.3 Å². The number of likely N-dealkylation sites (tertiary alicyclic amines) is 3. The van der Waals surface area contributed by atoms with Gasteiger partial charge < -0.3 is 139 Å².